The molecule has 2 aromatic carbocycles. The Labute approximate surface area is 360 Å². The molecule has 1 amide bonds. The third kappa shape index (κ3) is 8.01. The van der Waals surface area contributed by atoms with Gasteiger partial charge in [0.25, 0.3) is 5.92 Å². The van der Waals surface area contributed by atoms with Crippen LogP contribution in [0.15, 0.2) is 54.9 Å². The number of aryl methyl sites for hydroxylation is 2. The Morgan fingerprint density at radius 2 is 1.75 bits per heavy atom. The van der Waals surface area contributed by atoms with Crippen molar-refractivity contribution in [2.24, 2.45) is 13.0 Å². The number of amides is 1. The highest BCUT2D eigenvalue weighted by molar-refractivity contribution is 7.92. The number of aromatic nitrogens is 7. The number of benzene rings is 2. The van der Waals surface area contributed by atoms with E-state index >= 15 is 8.78 Å². The fraction of sp³-hybridized carbons (Fsp3) is 0.357. The fourth-order valence-corrected chi connectivity index (χ4v) is 9.24. The first kappa shape index (κ1) is 43.7. The van der Waals surface area contributed by atoms with Gasteiger partial charge in [0, 0.05) is 54.0 Å². The second-order valence-corrected chi connectivity index (χ2v) is 18.5. The van der Waals surface area contributed by atoms with Crippen LogP contribution in [0.2, 0.25) is 5.02 Å². The first-order valence-corrected chi connectivity index (χ1v) is 21.6. The van der Waals surface area contributed by atoms with Crippen LogP contribution in [0.4, 0.5) is 36.6 Å². The number of anilines is 1. The van der Waals surface area contributed by atoms with Crippen LogP contribution in [0.3, 0.4) is 0 Å². The molecule has 0 spiro atoms. The maximum atomic E-state index is 15.6. The largest absolute Gasteiger partial charge is 0.435 e. The van der Waals surface area contributed by atoms with E-state index in [-0.39, 0.29) is 50.7 Å². The molecule has 0 unspecified atom stereocenters. The Bertz CT molecular complexity index is 3020. The molecule has 6 aromatic rings. The summed E-state index contributed by atoms with van der Waals surface area (Å²) in [5, 5.41) is 10.9. The topological polar surface area (TPSA) is 142 Å². The predicted octanol–water partition coefficient (Wildman–Crippen LogP) is 8.32. The quantitative estimate of drug-likeness (QED) is 0.104. The summed E-state index contributed by atoms with van der Waals surface area (Å²) in [5.41, 5.74) is -2.91. The maximum Gasteiger partial charge on any atom is 0.435 e. The molecule has 4 atom stereocenters. The van der Waals surface area contributed by atoms with Crippen molar-refractivity contribution in [1.82, 2.24) is 39.4 Å². The van der Waals surface area contributed by atoms with Gasteiger partial charge in [0.2, 0.25) is 15.9 Å². The standard InChI is InChI=1S/C42H37ClF7N9O3S/c1-20(22-15-23(44)17-24(45)16-22)34(53-31(60)19-59-38-32(37(54-59)42(48,49)50)28-18-29(28)41(38,46)47)35-26(8-7-25(52-35)11-12-40(3,4)58-14-13-51-21(58)2)27-9-10-30(43)33-36(27)57(5)55-39(33)56-63(6,61)62/h7-10,13-17,20,28-29,34H,18-19H2,1-6H3,(H,53,60)(H,55,56)/t20-,28+,29-,34+/m1/s1. The second-order valence-electron chi connectivity index (χ2n) is 16.3. The number of hydrogen-bond acceptors (Lipinski definition) is 7. The molecule has 1 fully saturated rings. The fourth-order valence-electron chi connectivity index (χ4n) is 8.51. The van der Waals surface area contributed by atoms with E-state index in [1.165, 1.54) is 24.7 Å². The third-order valence-electron chi connectivity index (χ3n) is 11.4. The number of carbonyl (C=O) groups excluding carboxylic acids is 1. The van der Waals surface area contributed by atoms with Gasteiger partial charge in [-0.2, -0.15) is 32.1 Å². The SMILES string of the molecule is Cc1nccn1C(C)(C)C#Cc1ccc(-c2ccc(Cl)c3c(NS(C)(=O)=O)nn(C)c23)c([C@@H](NC(=O)Cn2nc(C(F)(F)F)c3c2C(F)(F)[C@@H]2C[C@H]32)[C@H](C)c2cc(F)cc(F)c2)n1. The van der Waals surface area contributed by atoms with Crippen molar-refractivity contribution in [1.29, 1.82) is 0 Å². The lowest BCUT2D eigenvalue weighted by molar-refractivity contribution is -0.142. The summed E-state index contributed by atoms with van der Waals surface area (Å²) < 4.78 is 134. The van der Waals surface area contributed by atoms with Crippen molar-refractivity contribution < 1.29 is 43.9 Å². The van der Waals surface area contributed by atoms with Gasteiger partial charge in [0.1, 0.15) is 40.9 Å². The van der Waals surface area contributed by atoms with E-state index in [2.05, 4.69) is 37.1 Å². The highest BCUT2D eigenvalue weighted by Gasteiger charge is 2.68. The molecule has 330 valence electrons. The zero-order valence-electron chi connectivity index (χ0n) is 34.2. The van der Waals surface area contributed by atoms with Crippen molar-refractivity contribution in [3.05, 3.63) is 111 Å². The van der Waals surface area contributed by atoms with Gasteiger partial charge in [-0.25, -0.2) is 27.2 Å². The van der Waals surface area contributed by atoms with Gasteiger partial charge in [-0.1, -0.05) is 30.5 Å². The normalized spacial score (nSPS) is 17.7. The van der Waals surface area contributed by atoms with Gasteiger partial charge in [-0.05, 0) is 74.9 Å². The second kappa shape index (κ2) is 15.1. The van der Waals surface area contributed by atoms with Crippen molar-refractivity contribution in [3.8, 4) is 23.0 Å². The van der Waals surface area contributed by atoms with Gasteiger partial charge in [0.05, 0.1) is 33.9 Å². The minimum Gasteiger partial charge on any atom is -0.345 e. The van der Waals surface area contributed by atoms with Crippen LogP contribution >= 0.6 is 11.6 Å². The lowest BCUT2D eigenvalue weighted by atomic mass is 9.87. The molecule has 2 aliphatic rings. The molecule has 4 heterocycles. The number of alkyl halides is 5. The van der Waals surface area contributed by atoms with Crippen LogP contribution in [-0.2, 0) is 46.0 Å². The molecule has 0 saturated heterocycles. The molecule has 1 saturated carbocycles. The monoisotopic (exact) mass is 915 g/mol. The molecule has 0 aliphatic heterocycles. The minimum absolute atomic E-state index is 0.0135. The summed E-state index contributed by atoms with van der Waals surface area (Å²) in [6, 6.07) is 7.51. The first-order valence-electron chi connectivity index (χ1n) is 19.3. The number of hydrogen-bond donors (Lipinski definition) is 2. The average Bonchev–Trinajstić information content (AvgIpc) is 3.39. The summed E-state index contributed by atoms with van der Waals surface area (Å²) >= 11 is 6.65. The van der Waals surface area contributed by atoms with Gasteiger partial charge in [0.15, 0.2) is 11.5 Å². The average molecular weight is 916 g/mol. The number of nitrogens with zero attached hydrogens (tertiary/aromatic N) is 7. The van der Waals surface area contributed by atoms with E-state index in [4.69, 9.17) is 16.6 Å². The number of sulfonamides is 1. The van der Waals surface area contributed by atoms with Crippen LogP contribution < -0.4 is 10.0 Å². The predicted molar refractivity (Wildman–Crippen MR) is 218 cm³/mol. The van der Waals surface area contributed by atoms with Crippen molar-refractivity contribution >= 4 is 44.3 Å². The van der Waals surface area contributed by atoms with Crippen LogP contribution in [-0.4, -0.2) is 54.7 Å². The summed E-state index contributed by atoms with van der Waals surface area (Å²) in [5.74, 6) is -3.41. The van der Waals surface area contributed by atoms with E-state index in [0.717, 1.165) is 18.4 Å². The Hall–Kier alpha value is -5.94. The van der Waals surface area contributed by atoms with Crippen molar-refractivity contribution in [2.75, 3.05) is 11.0 Å². The van der Waals surface area contributed by atoms with Crippen LogP contribution in [0.25, 0.3) is 22.0 Å². The molecule has 63 heavy (non-hydrogen) atoms. The molecular weight excluding hydrogens is 879 g/mol. The molecule has 0 bridgehead atoms. The van der Waals surface area contributed by atoms with Crippen molar-refractivity contribution in [3.63, 3.8) is 0 Å². The van der Waals surface area contributed by atoms with E-state index in [0.29, 0.717) is 22.1 Å². The van der Waals surface area contributed by atoms with Gasteiger partial charge >= 0.3 is 6.18 Å². The number of rotatable bonds is 10. The number of nitrogens with one attached hydrogen (secondary N) is 2. The number of imidazole rings is 1. The maximum absolute atomic E-state index is 15.6. The van der Waals surface area contributed by atoms with E-state index < -0.39 is 92.5 Å². The molecule has 2 N–H and O–H groups in total. The van der Waals surface area contributed by atoms with Gasteiger partial charge in [-0.15, -0.1) is 0 Å². The number of fused-ring (bicyclic) bond motifs is 4. The number of carbonyl (C=O) groups is 1. The van der Waals surface area contributed by atoms with Gasteiger partial charge in [-0.3, -0.25) is 18.9 Å². The molecule has 0 radical (unpaired) electrons. The molecule has 2 aliphatic carbocycles. The van der Waals surface area contributed by atoms with E-state index in [1.807, 2.05) is 18.4 Å². The lowest BCUT2D eigenvalue weighted by Crippen LogP contribution is -2.36. The summed E-state index contributed by atoms with van der Waals surface area (Å²) in [6.07, 6.45) is -0.956. The van der Waals surface area contributed by atoms with Gasteiger partial charge < -0.3 is 9.88 Å². The zero-order valence-corrected chi connectivity index (χ0v) is 35.8. The Kier molecular flexibility index (Phi) is 10.5. The van der Waals surface area contributed by atoms with E-state index in [1.54, 1.807) is 37.5 Å². The molecule has 21 heteroatoms. The Morgan fingerprint density at radius 1 is 1.06 bits per heavy atom. The summed E-state index contributed by atoms with van der Waals surface area (Å²) in [7, 11) is -2.34. The summed E-state index contributed by atoms with van der Waals surface area (Å²) in [4.78, 5) is 23.4. The lowest BCUT2D eigenvalue weighted by Gasteiger charge is -2.28. The van der Waals surface area contributed by atoms with Crippen molar-refractivity contribution in [2.45, 2.75) is 76.2 Å². The third-order valence-corrected chi connectivity index (χ3v) is 12.3. The minimum atomic E-state index is -5.09. The Morgan fingerprint density at radius 3 is 2.38 bits per heavy atom. The number of halogens is 8. The molecule has 12 nitrogen and oxygen atoms in total. The first-order chi connectivity index (χ1) is 29.4. The number of pyridine rings is 1. The van der Waals surface area contributed by atoms with E-state index in [9.17, 15) is 35.2 Å². The smallest absolute Gasteiger partial charge is 0.345 e. The molecule has 8 rings (SSSR count). The summed E-state index contributed by atoms with van der Waals surface area (Å²) in [6.45, 7) is 5.90. The molecular formula is C42H37ClF7N9O3S. The zero-order chi connectivity index (χ0) is 45.7. The van der Waals surface area contributed by atoms with Crippen LogP contribution in [0.1, 0.15) is 84.8 Å². The molecule has 4 aromatic heterocycles. The Balaban J connectivity index is 1.32. The van der Waals surface area contributed by atoms with Crippen LogP contribution in [0, 0.1) is 36.3 Å². The van der Waals surface area contributed by atoms with Crippen LogP contribution in [0.5, 0.6) is 0 Å². The highest BCUT2D eigenvalue weighted by Crippen LogP contribution is 2.68. The highest BCUT2D eigenvalue weighted by atomic mass is 35.5.